The molecule has 4 atom stereocenters. The highest BCUT2D eigenvalue weighted by atomic mass is 32.2. The first kappa shape index (κ1) is 33.0. The number of carbonyl (C=O) groups excluding carboxylic acids is 2. The predicted molar refractivity (Wildman–Crippen MR) is 157 cm³/mol. The van der Waals surface area contributed by atoms with E-state index in [-0.39, 0.29) is 23.9 Å². The number of aliphatic hydroxyl groups is 1. The number of benzene rings is 2. The summed E-state index contributed by atoms with van der Waals surface area (Å²) >= 11 is 0. The van der Waals surface area contributed by atoms with Crippen LogP contribution in [0.1, 0.15) is 42.3 Å². The van der Waals surface area contributed by atoms with Crippen molar-refractivity contribution >= 4 is 32.6 Å². The topological polar surface area (TPSA) is 185 Å². The number of hydrogen-bond acceptors (Lipinski definition) is 9. The summed E-state index contributed by atoms with van der Waals surface area (Å²) in [4.78, 5) is 26.5. The standard InChI is InChI=1S/C27H37N7O6S2/c1-27(2,3)29-24(36)20-14-10-9-13-19(20)16-23(35)21(15-18-11-7-6-8-12-18)28-25(37)22(31-42(5,39)40)17-41(38)26-30-32-33-34(26)4/h6-14,21-23,31,35H,15-17H2,1-5H3,(H,28,37)(H,29,36)/t21-,22-,23+,41?/m0/s1. The quantitative estimate of drug-likeness (QED) is 0.206. The third-order valence-corrected chi connectivity index (χ3v) is 8.15. The third-order valence-electron chi connectivity index (χ3n) is 6.05. The highest BCUT2D eigenvalue weighted by Gasteiger charge is 2.31. The molecule has 0 aliphatic carbocycles. The fraction of sp³-hybridized carbons (Fsp3) is 0.444. The second kappa shape index (κ2) is 14.1. The van der Waals surface area contributed by atoms with Crippen LogP contribution in [0, 0.1) is 0 Å². The highest BCUT2D eigenvalue weighted by Crippen LogP contribution is 2.17. The van der Waals surface area contributed by atoms with Gasteiger partial charge in [-0.25, -0.2) is 17.8 Å². The SMILES string of the molecule is Cn1nnnc1S(=O)C[C@H](NS(C)(=O)=O)C(=O)N[C@@H](Cc1ccccc1)[C@H](O)Cc1ccccc1C(=O)NC(C)(C)C. The Hall–Kier alpha value is -3.53. The van der Waals surface area contributed by atoms with Crippen molar-refractivity contribution in [1.82, 2.24) is 35.6 Å². The summed E-state index contributed by atoms with van der Waals surface area (Å²) in [5.74, 6) is -1.54. The molecule has 3 aromatic rings. The molecule has 228 valence electrons. The summed E-state index contributed by atoms with van der Waals surface area (Å²) in [6.45, 7) is 5.59. The predicted octanol–water partition coefficient (Wildman–Crippen LogP) is 0.0949. The summed E-state index contributed by atoms with van der Waals surface area (Å²) in [6, 6.07) is 13.7. The lowest BCUT2D eigenvalue weighted by atomic mass is 9.93. The fourth-order valence-corrected chi connectivity index (χ4v) is 6.15. The molecule has 3 rings (SSSR count). The van der Waals surface area contributed by atoms with E-state index in [0.717, 1.165) is 11.8 Å². The van der Waals surface area contributed by atoms with Crippen LogP contribution < -0.4 is 15.4 Å². The minimum atomic E-state index is -3.90. The molecule has 42 heavy (non-hydrogen) atoms. The summed E-state index contributed by atoms with van der Waals surface area (Å²) in [5.41, 5.74) is 1.29. The van der Waals surface area contributed by atoms with Crippen molar-refractivity contribution in [3.8, 4) is 0 Å². The van der Waals surface area contributed by atoms with Crippen molar-refractivity contribution in [3.63, 3.8) is 0 Å². The summed E-state index contributed by atoms with van der Waals surface area (Å²) in [7, 11) is -4.36. The monoisotopic (exact) mass is 619 g/mol. The van der Waals surface area contributed by atoms with Gasteiger partial charge in [-0.1, -0.05) is 53.6 Å². The number of amides is 2. The zero-order chi connectivity index (χ0) is 31.1. The van der Waals surface area contributed by atoms with Gasteiger partial charge in [0.15, 0.2) is 0 Å². The molecule has 0 aliphatic rings. The molecule has 0 fully saturated rings. The van der Waals surface area contributed by atoms with Gasteiger partial charge in [0, 0.05) is 24.6 Å². The number of rotatable bonds is 13. The first-order chi connectivity index (χ1) is 19.6. The van der Waals surface area contributed by atoms with Crippen molar-refractivity contribution in [2.75, 3.05) is 12.0 Å². The molecule has 2 aromatic carbocycles. The Bertz CT molecular complexity index is 1510. The highest BCUT2D eigenvalue weighted by molar-refractivity contribution is 7.89. The maximum Gasteiger partial charge on any atom is 0.251 e. The molecule has 0 aliphatic heterocycles. The van der Waals surface area contributed by atoms with Gasteiger partial charge in [-0.05, 0) is 54.8 Å². The van der Waals surface area contributed by atoms with Crippen LogP contribution >= 0.6 is 0 Å². The number of nitrogens with one attached hydrogen (secondary N) is 3. The normalized spacial score (nSPS) is 14.9. The molecule has 0 saturated carbocycles. The van der Waals surface area contributed by atoms with E-state index in [1.165, 1.54) is 11.7 Å². The Morgan fingerprint density at radius 1 is 1.05 bits per heavy atom. The minimum absolute atomic E-state index is 0.0201. The molecule has 13 nitrogen and oxygen atoms in total. The van der Waals surface area contributed by atoms with Gasteiger partial charge in [0.2, 0.25) is 21.1 Å². The molecule has 1 unspecified atom stereocenters. The van der Waals surface area contributed by atoms with Crippen molar-refractivity contribution < 1.29 is 27.3 Å². The van der Waals surface area contributed by atoms with Crippen LogP contribution in [0.15, 0.2) is 59.8 Å². The number of aliphatic hydroxyl groups excluding tert-OH is 1. The Kier molecular flexibility index (Phi) is 11.1. The Morgan fingerprint density at radius 2 is 1.69 bits per heavy atom. The van der Waals surface area contributed by atoms with E-state index in [1.807, 2.05) is 51.1 Å². The lowest BCUT2D eigenvalue weighted by molar-refractivity contribution is -0.123. The van der Waals surface area contributed by atoms with E-state index in [1.54, 1.807) is 24.3 Å². The molecule has 15 heteroatoms. The van der Waals surface area contributed by atoms with Crippen LogP contribution in [0.25, 0.3) is 0 Å². The summed E-state index contributed by atoms with van der Waals surface area (Å²) in [6.07, 6.45) is -0.0705. The van der Waals surface area contributed by atoms with Gasteiger partial charge < -0.3 is 15.7 Å². The maximum absolute atomic E-state index is 13.5. The Morgan fingerprint density at radius 3 is 2.29 bits per heavy atom. The molecule has 0 saturated heterocycles. The molecule has 0 spiro atoms. The molecule has 1 aromatic heterocycles. The minimum Gasteiger partial charge on any atom is -0.391 e. The van der Waals surface area contributed by atoms with E-state index in [0.29, 0.717) is 11.1 Å². The molecule has 0 bridgehead atoms. The van der Waals surface area contributed by atoms with Gasteiger partial charge in [0.1, 0.15) is 6.04 Å². The Balaban J connectivity index is 1.88. The molecule has 4 N–H and O–H groups in total. The number of sulfonamides is 1. The zero-order valence-corrected chi connectivity index (χ0v) is 25.8. The van der Waals surface area contributed by atoms with E-state index in [9.17, 15) is 27.3 Å². The van der Waals surface area contributed by atoms with Crippen molar-refractivity contribution in [1.29, 1.82) is 0 Å². The lowest BCUT2D eigenvalue weighted by Gasteiger charge is -2.28. The van der Waals surface area contributed by atoms with Gasteiger partial charge >= 0.3 is 0 Å². The molecule has 2 amide bonds. The average molecular weight is 620 g/mol. The van der Waals surface area contributed by atoms with E-state index in [2.05, 4.69) is 30.9 Å². The summed E-state index contributed by atoms with van der Waals surface area (Å²) < 4.78 is 40.5. The van der Waals surface area contributed by atoms with Crippen molar-refractivity contribution in [3.05, 3.63) is 71.3 Å². The van der Waals surface area contributed by atoms with Crippen LogP contribution in [0.3, 0.4) is 0 Å². The number of hydrogen-bond donors (Lipinski definition) is 4. The second-order valence-corrected chi connectivity index (χ2v) is 14.1. The van der Waals surface area contributed by atoms with Crippen LogP contribution in [0.4, 0.5) is 0 Å². The van der Waals surface area contributed by atoms with Gasteiger partial charge in [-0.2, -0.15) is 0 Å². The van der Waals surface area contributed by atoms with Crippen LogP contribution in [0.5, 0.6) is 0 Å². The number of aryl methyl sites for hydroxylation is 1. The average Bonchev–Trinajstić information content (AvgIpc) is 3.33. The van der Waals surface area contributed by atoms with Crippen molar-refractivity contribution in [2.24, 2.45) is 7.05 Å². The first-order valence-electron chi connectivity index (χ1n) is 13.1. The van der Waals surface area contributed by atoms with Gasteiger partial charge in [0.25, 0.3) is 5.91 Å². The molecule has 1 heterocycles. The molecular weight excluding hydrogens is 582 g/mol. The largest absolute Gasteiger partial charge is 0.391 e. The number of nitrogens with zero attached hydrogens (tertiary/aromatic N) is 4. The number of aromatic nitrogens is 4. The lowest BCUT2D eigenvalue weighted by Crippen LogP contribution is -2.55. The van der Waals surface area contributed by atoms with Gasteiger partial charge in [-0.3, -0.25) is 13.8 Å². The molecular formula is C27H37N7O6S2. The van der Waals surface area contributed by atoms with Crippen LogP contribution in [-0.2, 0) is 45.5 Å². The first-order valence-corrected chi connectivity index (χ1v) is 16.3. The maximum atomic E-state index is 13.5. The Labute approximate surface area is 248 Å². The van der Waals surface area contributed by atoms with Crippen molar-refractivity contribution in [2.45, 2.75) is 62.5 Å². The third kappa shape index (κ3) is 10.1. The summed E-state index contributed by atoms with van der Waals surface area (Å²) in [5, 5.41) is 27.8. The number of carbonyl (C=O) groups is 2. The van der Waals surface area contributed by atoms with Crippen LogP contribution in [-0.4, -0.2) is 85.5 Å². The van der Waals surface area contributed by atoms with E-state index < -0.39 is 56.2 Å². The van der Waals surface area contributed by atoms with Gasteiger partial charge in [0.05, 0.1) is 35.0 Å². The van der Waals surface area contributed by atoms with E-state index >= 15 is 0 Å². The molecule has 0 radical (unpaired) electrons. The number of tetrazole rings is 1. The van der Waals surface area contributed by atoms with Crippen LogP contribution in [0.2, 0.25) is 0 Å². The van der Waals surface area contributed by atoms with E-state index in [4.69, 9.17) is 0 Å². The van der Waals surface area contributed by atoms with Gasteiger partial charge in [-0.15, -0.1) is 0 Å². The second-order valence-electron chi connectivity index (χ2n) is 11.0. The fourth-order valence-electron chi connectivity index (χ4n) is 4.19. The zero-order valence-electron chi connectivity index (χ0n) is 24.1. The smallest absolute Gasteiger partial charge is 0.251 e.